The summed E-state index contributed by atoms with van der Waals surface area (Å²) in [7, 11) is -0.467. The van der Waals surface area contributed by atoms with Crippen LogP contribution in [-0.2, 0) is 14.1 Å². The first kappa shape index (κ1) is 20.3. The Bertz CT molecular complexity index is 1100. The number of benzene rings is 2. The molecule has 6 heteroatoms. The molecule has 4 rings (SSSR count). The van der Waals surface area contributed by atoms with E-state index in [0.717, 1.165) is 22.1 Å². The minimum absolute atomic E-state index is 0.0829. The SMILES string of the molecule is CC(=O)SCC(=Cc1ccc2[nH]c3ccccc3c2c1)B1OC(C)(C)C(C)(C)O1. The van der Waals surface area contributed by atoms with E-state index in [1.165, 1.54) is 22.5 Å². The van der Waals surface area contributed by atoms with E-state index in [9.17, 15) is 4.79 Å². The Labute approximate surface area is 176 Å². The summed E-state index contributed by atoms with van der Waals surface area (Å²) in [6.45, 7) is 9.76. The van der Waals surface area contributed by atoms with Crippen molar-refractivity contribution in [2.45, 2.75) is 45.8 Å². The van der Waals surface area contributed by atoms with Crippen LogP contribution in [0.2, 0.25) is 0 Å². The molecule has 1 aromatic heterocycles. The molecular weight excluding hydrogens is 381 g/mol. The van der Waals surface area contributed by atoms with Crippen LogP contribution < -0.4 is 0 Å². The molecule has 0 atom stereocenters. The fourth-order valence-electron chi connectivity index (χ4n) is 3.53. The van der Waals surface area contributed by atoms with E-state index in [2.05, 4.69) is 47.5 Å². The average Bonchev–Trinajstić information content (AvgIpc) is 3.11. The summed E-state index contributed by atoms with van der Waals surface area (Å²) in [6.07, 6.45) is 2.10. The summed E-state index contributed by atoms with van der Waals surface area (Å²) in [4.78, 5) is 15.1. The van der Waals surface area contributed by atoms with Gasteiger partial charge in [0.15, 0.2) is 5.12 Å². The molecule has 3 aromatic rings. The number of carbonyl (C=O) groups is 1. The summed E-state index contributed by atoms with van der Waals surface area (Å²) >= 11 is 1.28. The van der Waals surface area contributed by atoms with Crippen molar-refractivity contribution in [1.82, 2.24) is 4.98 Å². The summed E-state index contributed by atoms with van der Waals surface area (Å²) < 4.78 is 12.5. The molecule has 1 fully saturated rings. The molecule has 2 aromatic carbocycles. The van der Waals surface area contributed by atoms with Crippen molar-refractivity contribution in [2.75, 3.05) is 5.75 Å². The molecule has 0 radical (unpaired) electrons. The molecular formula is C23H26BNO3S. The van der Waals surface area contributed by atoms with E-state index < -0.39 is 18.3 Å². The van der Waals surface area contributed by atoms with E-state index >= 15 is 0 Å². The molecule has 0 unspecified atom stereocenters. The highest BCUT2D eigenvalue weighted by Gasteiger charge is 2.52. The molecule has 29 heavy (non-hydrogen) atoms. The lowest BCUT2D eigenvalue weighted by Crippen LogP contribution is -2.41. The molecule has 1 N–H and O–H groups in total. The first-order chi connectivity index (χ1) is 13.7. The van der Waals surface area contributed by atoms with Gasteiger partial charge < -0.3 is 14.3 Å². The second kappa shape index (κ2) is 7.35. The van der Waals surface area contributed by atoms with Crippen LogP contribution >= 0.6 is 11.8 Å². The molecule has 0 aliphatic carbocycles. The Hall–Kier alpha value is -2.02. The predicted octanol–water partition coefficient (Wildman–Crippen LogP) is 5.62. The molecule has 0 amide bonds. The normalized spacial score (nSPS) is 18.7. The van der Waals surface area contributed by atoms with Gasteiger partial charge in [0.1, 0.15) is 0 Å². The maximum absolute atomic E-state index is 11.6. The van der Waals surface area contributed by atoms with Gasteiger partial charge in [0.05, 0.1) is 11.2 Å². The lowest BCUT2D eigenvalue weighted by Gasteiger charge is -2.32. The lowest BCUT2D eigenvalue weighted by molar-refractivity contribution is -0.109. The number of nitrogens with one attached hydrogen (secondary N) is 1. The van der Waals surface area contributed by atoms with Crippen LogP contribution in [0.25, 0.3) is 27.9 Å². The predicted molar refractivity (Wildman–Crippen MR) is 123 cm³/mol. The van der Waals surface area contributed by atoms with Gasteiger partial charge in [-0.2, -0.15) is 0 Å². The van der Waals surface area contributed by atoms with Gasteiger partial charge in [-0.05, 0) is 56.9 Å². The van der Waals surface area contributed by atoms with Crippen molar-refractivity contribution in [3.63, 3.8) is 0 Å². The van der Waals surface area contributed by atoms with Crippen LogP contribution in [-0.4, -0.2) is 34.2 Å². The third-order valence-corrected chi connectivity index (χ3v) is 6.76. The van der Waals surface area contributed by atoms with Gasteiger partial charge in [-0.1, -0.05) is 42.1 Å². The summed E-state index contributed by atoms with van der Waals surface area (Å²) in [6, 6.07) is 14.7. The van der Waals surface area contributed by atoms with E-state index in [1.54, 1.807) is 6.92 Å². The number of para-hydroxylation sites is 1. The maximum Gasteiger partial charge on any atom is 0.491 e. The molecule has 2 heterocycles. The Morgan fingerprint density at radius 2 is 1.69 bits per heavy atom. The lowest BCUT2D eigenvalue weighted by atomic mass is 9.78. The topological polar surface area (TPSA) is 51.3 Å². The summed E-state index contributed by atoms with van der Waals surface area (Å²) in [5, 5.41) is 2.47. The van der Waals surface area contributed by atoms with Crippen molar-refractivity contribution >= 4 is 51.9 Å². The second-order valence-electron chi connectivity index (χ2n) is 8.56. The van der Waals surface area contributed by atoms with E-state index in [-0.39, 0.29) is 5.12 Å². The van der Waals surface area contributed by atoms with Gasteiger partial charge in [-0.25, -0.2) is 0 Å². The van der Waals surface area contributed by atoms with Crippen molar-refractivity contribution in [3.05, 3.63) is 53.5 Å². The van der Waals surface area contributed by atoms with E-state index in [1.807, 2.05) is 33.8 Å². The minimum atomic E-state index is -0.467. The number of hydrogen-bond donors (Lipinski definition) is 1. The monoisotopic (exact) mass is 407 g/mol. The first-order valence-corrected chi connectivity index (χ1v) is 10.8. The number of thioether (sulfide) groups is 1. The number of H-pyrrole nitrogens is 1. The van der Waals surface area contributed by atoms with Gasteiger partial charge >= 0.3 is 7.12 Å². The standard InChI is InChI=1S/C23H26BNO3S/c1-15(26)29-14-17(24-27-22(2,3)23(4,5)28-24)12-16-10-11-21-19(13-16)18-8-6-7-9-20(18)25-21/h6-13,25H,14H2,1-5H3. The average molecular weight is 407 g/mol. The fraction of sp³-hybridized carbons (Fsp3) is 0.348. The molecule has 0 saturated carbocycles. The minimum Gasteiger partial charge on any atom is -0.400 e. The van der Waals surface area contributed by atoms with Crippen molar-refractivity contribution in [2.24, 2.45) is 0 Å². The highest BCUT2D eigenvalue weighted by atomic mass is 32.2. The Morgan fingerprint density at radius 3 is 2.38 bits per heavy atom. The van der Waals surface area contributed by atoms with Crippen LogP contribution in [0, 0.1) is 0 Å². The second-order valence-corrected chi connectivity index (χ2v) is 9.72. The van der Waals surface area contributed by atoms with Crippen molar-refractivity contribution in [1.29, 1.82) is 0 Å². The summed E-state index contributed by atoms with van der Waals surface area (Å²) in [5.41, 5.74) is 3.43. The third kappa shape index (κ3) is 3.89. The number of hydrogen-bond acceptors (Lipinski definition) is 4. The highest BCUT2D eigenvalue weighted by molar-refractivity contribution is 8.13. The van der Waals surface area contributed by atoms with Crippen LogP contribution in [0.1, 0.15) is 40.2 Å². The van der Waals surface area contributed by atoms with Gasteiger partial charge in [-0.15, -0.1) is 0 Å². The maximum atomic E-state index is 11.6. The highest BCUT2D eigenvalue weighted by Crippen LogP contribution is 2.39. The van der Waals surface area contributed by atoms with Gasteiger partial charge in [0.25, 0.3) is 0 Å². The molecule has 1 aliphatic heterocycles. The van der Waals surface area contributed by atoms with E-state index in [0.29, 0.717) is 5.75 Å². The first-order valence-electron chi connectivity index (χ1n) is 9.86. The number of aromatic nitrogens is 1. The fourth-order valence-corrected chi connectivity index (χ4v) is 4.12. The quantitative estimate of drug-likeness (QED) is 0.571. The number of carbonyl (C=O) groups excluding carboxylic acids is 1. The molecule has 1 saturated heterocycles. The van der Waals surface area contributed by atoms with E-state index in [4.69, 9.17) is 9.31 Å². The zero-order valence-electron chi connectivity index (χ0n) is 17.5. The Morgan fingerprint density at radius 1 is 1.03 bits per heavy atom. The molecule has 0 spiro atoms. The Balaban J connectivity index is 1.74. The van der Waals surface area contributed by atoms with Crippen LogP contribution in [0.3, 0.4) is 0 Å². The van der Waals surface area contributed by atoms with Gasteiger partial charge in [0, 0.05) is 34.5 Å². The zero-order chi connectivity index (χ0) is 20.8. The molecule has 150 valence electrons. The third-order valence-electron chi connectivity index (χ3n) is 5.88. The van der Waals surface area contributed by atoms with Gasteiger partial charge in [0.2, 0.25) is 0 Å². The smallest absolute Gasteiger partial charge is 0.400 e. The Kier molecular flexibility index (Phi) is 5.13. The van der Waals surface area contributed by atoms with Gasteiger partial charge in [-0.3, -0.25) is 4.79 Å². The number of rotatable bonds is 4. The molecule has 1 aliphatic rings. The van der Waals surface area contributed by atoms with Crippen molar-refractivity contribution in [3.8, 4) is 0 Å². The summed E-state index contributed by atoms with van der Waals surface area (Å²) in [5.74, 6) is 0.540. The zero-order valence-corrected chi connectivity index (χ0v) is 18.4. The van der Waals surface area contributed by atoms with Crippen LogP contribution in [0.5, 0.6) is 0 Å². The number of fused-ring (bicyclic) bond motifs is 3. The van der Waals surface area contributed by atoms with Crippen molar-refractivity contribution < 1.29 is 14.1 Å². The van der Waals surface area contributed by atoms with Crippen LogP contribution in [0.15, 0.2) is 47.9 Å². The largest absolute Gasteiger partial charge is 0.491 e. The molecule has 0 bridgehead atoms. The van der Waals surface area contributed by atoms with Crippen LogP contribution in [0.4, 0.5) is 0 Å². The molecule has 4 nitrogen and oxygen atoms in total. The number of aromatic amines is 1.